The van der Waals surface area contributed by atoms with E-state index in [-0.39, 0.29) is 6.04 Å². The first kappa shape index (κ1) is 15.6. The second-order valence-electron chi connectivity index (χ2n) is 4.60. The van der Waals surface area contributed by atoms with Crippen LogP contribution in [0.1, 0.15) is 6.92 Å². The third-order valence-electron chi connectivity index (χ3n) is 2.74. The Bertz CT molecular complexity index is 592. The first-order valence-electron chi connectivity index (χ1n) is 6.65. The number of benzene rings is 2. The van der Waals surface area contributed by atoms with Gasteiger partial charge in [0, 0.05) is 0 Å². The highest BCUT2D eigenvalue weighted by atomic mass is 35.5. The Hall–Kier alpha value is -1.78. The van der Waals surface area contributed by atoms with Crippen molar-refractivity contribution < 1.29 is 4.74 Å². The minimum atomic E-state index is 0.0766. The minimum Gasteiger partial charge on any atom is -0.491 e. The van der Waals surface area contributed by atoms with Gasteiger partial charge in [-0.1, -0.05) is 41.9 Å². The summed E-state index contributed by atoms with van der Waals surface area (Å²) in [6.07, 6.45) is 0. The fourth-order valence-electron chi connectivity index (χ4n) is 1.72. The molecular weight excluding hydrogens is 304 g/mol. The predicted octanol–water partition coefficient (Wildman–Crippen LogP) is 4.09. The molecule has 0 aliphatic carbocycles. The van der Waals surface area contributed by atoms with E-state index in [1.165, 1.54) is 0 Å². The van der Waals surface area contributed by atoms with Gasteiger partial charge in [0.25, 0.3) is 0 Å². The van der Waals surface area contributed by atoms with Gasteiger partial charge in [-0.25, -0.2) is 0 Å². The molecule has 2 N–H and O–H groups in total. The molecule has 21 heavy (non-hydrogen) atoms. The predicted molar refractivity (Wildman–Crippen MR) is 92.2 cm³/mol. The molecule has 0 heterocycles. The number of anilines is 1. The lowest BCUT2D eigenvalue weighted by Crippen LogP contribution is -2.39. The molecule has 2 aromatic carbocycles. The molecule has 0 aromatic heterocycles. The molecule has 0 saturated carbocycles. The summed E-state index contributed by atoms with van der Waals surface area (Å²) >= 11 is 11.3. The third-order valence-corrected chi connectivity index (χ3v) is 3.29. The van der Waals surface area contributed by atoms with Crippen molar-refractivity contribution in [2.75, 3.05) is 11.9 Å². The molecule has 0 amide bonds. The van der Waals surface area contributed by atoms with E-state index >= 15 is 0 Å². The number of rotatable bonds is 5. The van der Waals surface area contributed by atoms with E-state index in [1.54, 1.807) is 0 Å². The van der Waals surface area contributed by atoms with Gasteiger partial charge < -0.3 is 15.4 Å². The molecule has 0 bridgehead atoms. The maximum Gasteiger partial charge on any atom is 0.171 e. The smallest absolute Gasteiger partial charge is 0.171 e. The van der Waals surface area contributed by atoms with Crippen LogP contribution >= 0.6 is 23.8 Å². The average Bonchev–Trinajstić information content (AvgIpc) is 2.48. The summed E-state index contributed by atoms with van der Waals surface area (Å²) in [7, 11) is 0. The molecule has 0 unspecified atom stereocenters. The van der Waals surface area contributed by atoms with E-state index in [1.807, 2.05) is 61.5 Å². The fourth-order valence-corrected chi connectivity index (χ4v) is 2.22. The van der Waals surface area contributed by atoms with Crippen LogP contribution in [0.5, 0.6) is 5.75 Å². The van der Waals surface area contributed by atoms with Crippen molar-refractivity contribution in [2.24, 2.45) is 0 Å². The Morgan fingerprint density at radius 3 is 2.52 bits per heavy atom. The first-order chi connectivity index (χ1) is 10.1. The van der Waals surface area contributed by atoms with Crippen LogP contribution in [0.4, 0.5) is 5.69 Å². The second-order valence-corrected chi connectivity index (χ2v) is 5.42. The fraction of sp³-hybridized carbons (Fsp3) is 0.188. The molecule has 2 aromatic rings. The zero-order valence-corrected chi connectivity index (χ0v) is 13.2. The van der Waals surface area contributed by atoms with E-state index in [9.17, 15) is 0 Å². The summed E-state index contributed by atoms with van der Waals surface area (Å²) in [5.41, 5.74) is 0.785. The van der Waals surface area contributed by atoms with Crippen LogP contribution in [0.15, 0.2) is 54.6 Å². The van der Waals surface area contributed by atoms with E-state index < -0.39 is 0 Å². The highest BCUT2D eigenvalue weighted by molar-refractivity contribution is 7.80. The van der Waals surface area contributed by atoms with Crippen molar-refractivity contribution in [1.82, 2.24) is 5.32 Å². The quantitative estimate of drug-likeness (QED) is 0.813. The van der Waals surface area contributed by atoms with E-state index in [2.05, 4.69) is 10.6 Å². The maximum absolute atomic E-state index is 6.07. The zero-order valence-electron chi connectivity index (χ0n) is 11.7. The van der Waals surface area contributed by atoms with Crippen molar-refractivity contribution >= 4 is 34.6 Å². The summed E-state index contributed by atoms with van der Waals surface area (Å²) in [5.74, 6) is 0.844. The average molecular weight is 321 g/mol. The van der Waals surface area contributed by atoms with Gasteiger partial charge in [-0.15, -0.1) is 0 Å². The van der Waals surface area contributed by atoms with Gasteiger partial charge in [0.15, 0.2) is 5.11 Å². The lowest BCUT2D eigenvalue weighted by molar-refractivity contribution is 0.287. The molecule has 0 aliphatic rings. The van der Waals surface area contributed by atoms with Crippen LogP contribution in [-0.2, 0) is 0 Å². The zero-order chi connectivity index (χ0) is 15.1. The van der Waals surface area contributed by atoms with Gasteiger partial charge in [0.1, 0.15) is 12.4 Å². The number of nitrogens with one attached hydrogen (secondary N) is 2. The Labute approximate surface area is 135 Å². The molecule has 2 rings (SSSR count). The molecule has 0 radical (unpaired) electrons. The van der Waals surface area contributed by atoms with E-state index in [4.69, 9.17) is 28.6 Å². The number of hydrogen-bond donors (Lipinski definition) is 2. The van der Waals surface area contributed by atoms with Crippen LogP contribution in [-0.4, -0.2) is 17.8 Å². The Morgan fingerprint density at radius 1 is 1.14 bits per heavy atom. The maximum atomic E-state index is 6.07. The van der Waals surface area contributed by atoms with Crippen molar-refractivity contribution in [3.8, 4) is 5.75 Å². The molecule has 5 heteroatoms. The monoisotopic (exact) mass is 320 g/mol. The van der Waals surface area contributed by atoms with Crippen molar-refractivity contribution in [3.05, 3.63) is 59.6 Å². The summed E-state index contributed by atoms with van der Waals surface area (Å²) < 4.78 is 5.67. The number of para-hydroxylation sites is 2. The van der Waals surface area contributed by atoms with Gasteiger partial charge in [-0.05, 0) is 43.4 Å². The molecule has 110 valence electrons. The Morgan fingerprint density at radius 2 is 1.81 bits per heavy atom. The van der Waals surface area contributed by atoms with E-state index in [0.717, 1.165) is 11.4 Å². The van der Waals surface area contributed by atoms with Gasteiger partial charge in [0.2, 0.25) is 0 Å². The highest BCUT2D eigenvalue weighted by Gasteiger charge is 2.06. The molecule has 0 fully saturated rings. The van der Waals surface area contributed by atoms with Crippen molar-refractivity contribution in [1.29, 1.82) is 0 Å². The number of hydrogen-bond acceptors (Lipinski definition) is 2. The van der Waals surface area contributed by atoms with Crippen molar-refractivity contribution in [3.63, 3.8) is 0 Å². The molecular formula is C16H17ClN2OS. The van der Waals surface area contributed by atoms with Gasteiger partial charge >= 0.3 is 0 Å². The SMILES string of the molecule is C[C@H](COc1ccccc1)NC(=S)Nc1ccccc1Cl. The molecule has 0 saturated heterocycles. The lowest BCUT2D eigenvalue weighted by atomic mass is 10.3. The third kappa shape index (κ3) is 5.25. The van der Waals surface area contributed by atoms with Crippen LogP contribution < -0.4 is 15.4 Å². The van der Waals surface area contributed by atoms with Crippen LogP contribution in [0, 0.1) is 0 Å². The lowest BCUT2D eigenvalue weighted by Gasteiger charge is -2.18. The number of halogens is 1. The molecule has 0 spiro atoms. The van der Waals surface area contributed by atoms with Crippen molar-refractivity contribution in [2.45, 2.75) is 13.0 Å². The summed E-state index contributed by atoms with van der Waals surface area (Å²) in [5, 5.41) is 7.39. The number of ether oxygens (including phenoxy) is 1. The summed E-state index contributed by atoms with van der Waals surface area (Å²) in [6, 6.07) is 17.2. The van der Waals surface area contributed by atoms with Gasteiger partial charge in [-0.3, -0.25) is 0 Å². The van der Waals surface area contributed by atoms with Crippen LogP contribution in [0.2, 0.25) is 5.02 Å². The standard InChI is InChI=1S/C16H17ClN2OS/c1-12(11-20-13-7-3-2-4-8-13)18-16(21)19-15-10-6-5-9-14(15)17/h2-10,12H,11H2,1H3,(H2,18,19,21)/t12-/m1/s1. The number of thiocarbonyl (C=S) groups is 1. The minimum absolute atomic E-state index is 0.0766. The first-order valence-corrected chi connectivity index (χ1v) is 7.43. The van der Waals surface area contributed by atoms with Gasteiger partial charge in [0.05, 0.1) is 16.8 Å². The largest absolute Gasteiger partial charge is 0.491 e. The summed E-state index contributed by atoms with van der Waals surface area (Å²) in [6.45, 7) is 2.53. The van der Waals surface area contributed by atoms with Crippen LogP contribution in [0.25, 0.3) is 0 Å². The summed E-state index contributed by atoms with van der Waals surface area (Å²) in [4.78, 5) is 0. The van der Waals surface area contributed by atoms with Gasteiger partial charge in [-0.2, -0.15) is 0 Å². The molecule has 0 aliphatic heterocycles. The Kier molecular flexibility index (Phi) is 5.84. The Balaban J connectivity index is 1.78. The van der Waals surface area contributed by atoms with E-state index in [0.29, 0.717) is 16.7 Å². The highest BCUT2D eigenvalue weighted by Crippen LogP contribution is 2.20. The van der Waals surface area contributed by atoms with Crippen LogP contribution in [0.3, 0.4) is 0 Å². The topological polar surface area (TPSA) is 33.3 Å². The second kappa shape index (κ2) is 7.86. The molecule has 3 nitrogen and oxygen atoms in total. The molecule has 1 atom stereocenters. The normalized spacial score (nSPS) is 11.5.